The van der Waals surface area contributed by atoms with Gasteiger partial charge in [-0.3, -0.25) is 4.68 Å². The van der Waals surface area contributed by atoms with Crippen molar-refractivity contribution in [1.29, 1.82) is 0 Å². The number of rotatable bonds is 3. The highest BCUT2D eigenvalue weighted by molar-refractivity contribution is 5.74. The lowest BCUT2D eigenvalue weighted by Gasteiger charge is -2.44. The molecule has 7 nitrogen and oxygen atoms in total. The van der Waals surface area contributed by atoms with Gasteiger partial charge in [0.25, 0.3) is 0 Å². The lowest BCUT2D eigenvalue weighted by Crippen LogP contribution is -2.59. The Balaban J connectivity index is 1.51. The molecule has 1 aromatic rings. The van der Waals surface area contributed by atoms with Crippen molar-refractivity contribution in [2.45, 2.75) is 38.7 Å². The van der Waals surface area contributed by atoms with Crippen molar-refractivity contribution in [3.05, 3.63) is 17.0 Å². The monoisotopic (exact) mass is 336 g/mol. The van der Waals surface area contributed by atoms with Crippen molar-refractivity contribution in [2.75, 3.05) is 39.5 Å². The summed E-state index contributed by atoms with van der Waals surface area (Å²) in [6.45, 7) is 7.91. The number of carbonyl (C=O) groups is 1. The third-order valence-corrected chi connectivity index (χ3v) is 5.13. The van der Waals surface area contributed by atoms with Crippen LogP contribution < -0.4 is 5.32 Å². The second kappa shape index (κ2) is 7.11. The molecule has 1 atom stereocenters. The molecule has 0 radical (unpaired) electrons. The smallest absolute Gasteiger partial charge is 0.317 e. The van der Waals surface area contributed by atoms with Crippen LogP contribution in [-0.4, -0.2) is 65.8 Å². The molecule has 134 valence electrons. The fourth-order valence-electron chi connectivity index (χ4n) is 3.67. The van der Waals surface area contributed by atoms with Crippen LogP contribution in [0.4, 0.5) is 4.79 Å². The average molecular weight is 336 g/mol. The van der Waals surface area contributed by atoms with Gasteiger partial charge < -0.3 is 19.7 Å². The van der Waals surface area contributed by atoms with E-state index < -0.39 is 0 Å². The minimum atomic E-state index is -0.301. The van der Waals surface area contributed by atoms with Crippen molar-refractivity contribution >= 4 is 6.03 Å². The predicted molar refractivity (Wildman–Crippen MR) is 90.1 cm³/mol. The Bertz CT molecular complexity index is 587. The van der Waals surface area contributed by atoms with Crippen LogP contribution in [0.25, 0.3) is 0 Å². The summed E-state index contributed by atoms with van der Waals surface area (Å²) >= 11 is 0. The maximum Gasteiger partial charge on any atom is 0.317 e. The number of nitrogens with zero attached hydrogens (tertiary/aromatic N) is 3. The molecule has 2 saturated heterocycles. The van der Waals surface area contributed by atoms with E-state index in [2.05, 4.69) is 17.3 Å². The number of amides is 2. The average Bonchev–Trinajstić information content (AvgIpc) is 2.81. The van der Waals surface area contributed by atoms with Crippen LogP contribution in [0.2, 0.25) is 0 Å². The quantitative estimate of drug-likeness (QED) is 0.900. The Kier molecular flexibility index (Phi) is 5.10. The third kappa shape index (κ3) is 3.57. The third-order valence-electron chi connectivity index (χ3n) is 5.13. The van der Waals surface area contributed by atoms with E-state index in [9.17, 15) is 4.79 Å². The van der Waals surface area contributed by atoms with Gasteiger partial charge in [0.05, 0.1) is 25.5 Å². The summed E-state index contributed by atoms with van der Waals surface area (Å²) in [6, 6.07) is -0.0116. The van der Waals surface area contributed by atoms with Crippen molar-refractivity contribution in [2.24, 2.45) is 7.05 Å². The van der Waals surface area contributed by atoms with Crippen LogP contribution in [0, 0.1) is 13.8 Å². The number of aryl methyl sites for hydroxylation is 2. The van der Waals surface area contributed by atoms with Crippen LogP contribution in [0.15, 0.2) is 0 Å². The van der Waals surface area contributed by atoms with Crippen molar-refractivity contribution in [3.8, 4) is 0 Å². The molecule has 1 unspecified atom stereocenters. The number of ether oxygens (including phenoxy) is 2. The molecule has 2 aliphatic rings. The van der Waals surface area contributed by atoms with Crippen LogP contribution in [0.5, 0.6) is 0 Å². The Morgan fingerprint density at radius 1 is 1.38 bits per heavy atom. The first kappa shape index (κ1) is 17.2. The minimum absolute atomic E-state index is 0.0116. The van der Waals surface area contributed by atoms with Gasteiger partial charge in [-0.05, 0) is 38.7 Å². The molecule has 0 aliphatic carbocycles. The lowest BCUT2D eigenvalue weighted by atomic mass is 9.94. The van der Waals surface area contributed by atoms with Gasteiger partial charge in [-0.25, -0.2) is 4.79 Å². The van der Waals surface area contributed by atoms with E-state index in [1.807, 2.05) is 23.6 Å². The molecular weight excluding hydrogens is 308 g/mol. The zero-order valence-electron chi connectivity index (χ0n) is 14.9. The number of hydrogen-bond acceptors (Lipinski definition) is 4. The number of aromatic nitrogens is 2. The van der Waals surface area contributed by atoms with E-state index in [0.717, 1.165) is 37.3 Å². The normalized spacial score (nSPS) is 24.4. The van der Waals surface area contributed by atoms with E-state index in [-0.39, 0.29) is 11.6 Å². The zero-order chi connectivity index (χ0) is 17.2. The van der Waals surface area contributed by atoms with Gasteiger partial charge in [0.2, 0.25) is 0 Å². The maximum absolute atomic E-state index is 12.5. The van der Waals surface area contributed by atoms with Crippen molar-refractivity contribution < 1.29 is 14.3 Å². The molecule has 24 heavy (non-hydrogen) atoms. The zero-order valence-corrected chi connectivity index (χ0v) is 14.9. The summed E-state index contributed by atoms with van der Waals surface area (Å²) in [5.41, 5.74) is 3.11. The van der Waals surface area contributed by atoms with Crippen LogP contribution in [0.1, 0.15) is 29.8 Å². The fourth-order valence-corrected chi connectivity index (χ4v) is 3.67. The van der Waals surface area contributed by atoms with Gasteiger partial charge >= 0.3 is 6.03 Å². The van der Waals surface area contributed by atoms with Crippen LogP contribution >= 0.6 is 0 Å². The van der Waals surface area contributed by atoms with Crippen molar-refractivity contribution in [3.63, 3.8) is 0 Å². The van der Waals surface area contributed by atoms with Gasteiger partial charge in [-0.1, -0.05) is 0 Å². The summed E-state index contributed by atoms with van der Waals surface area (Å²) in [4.78, 5) is 14.3. The van der Waals surface area contributed by atoms with Gasteiger partial charge in [-0.15, -0.1) is 0 Å². The molecule has 3 heterocycles. The Labute approximate surface area is 143 Å². The van der Waals surface area contributed by atoms with Gasteiger partial charge in [0, 0.05) is 32.4 Å². The molecule has 0 aromatic carbocycles. The number of nitrogens with one attached hydrogen (secondary N) is 1. The lowest BCUT2D eigenvalue weighted by molar-refractivity contribution is -0.160. The topological polar surface area (TPSA) is 68.6 Å². The standard InChI is InChI=1S/C17H28N4O3/c1-13-15(14(2)20(3)19-13)5-7-18-16(22)21-8-10-24-17(11-21)6-4-9-23-12-17/h4-12H2,1-3H3,(H,18,22). The van der Waals surface area contributed by atoms with E-state index in [1.165, 1.54) is 5.56 Å². The largest absolute Gasteiger partial charge is 0.378 e. The molecule has 2 aliphatic heterocycles. The Morgan fingerprint density at radius 3 is 2.88 bits per heavy atom. The predicted octanol–water partition coefficient (Wildman–Crippen LogP) is 1.17. The summed E-state index contributed by atoms with van der Waals surface area (Å²) in [5, 5.41) is 7.46. The summed E-state index contributed by atoms with van der Waals surface area (Å²) < 4.78 is 13.4. The van der Waals surface area contributed by atoms with E-state index in [1.54, 1.807) is 0 Å². The molecule has 2 fully saturated rings. The molecule has 1 aromatic heterocycles. The molecule has 3 rings (SSSR count). The Hall–Kier alpha value is -1.60. The van der Waals surface area contributed by atoms with E-state index in [0.29, 0.717) is 32.8 Å². The number of morpholine rings is 1. The molecule has 1 spiro atoms. The maximum atomic E-state index is 12.5. The molecule has 2 amide bonds. The minimum Gasteiger partial charge on any atom is -0.378 e. The summed E-state index contributed by atoms with van der Waals surface area (Å²) in [7, 11) is 1.95. The summed E-state index contributed by atoms with van der Waals surface area (Å²) in [5.74, 6) is 0. The van der Waals surface area contributed by atoms with Crippen molar-refractivity contribution in [1.82, 2.24) is 20.0 Å². The highest BCUT2D eigenvalue weighted by Crippen LogP contribution is 2.27. The van der Waals surface area contributed by atoms with E-state index >= 15 is 0 Å². The van der Waals surface area contributed by atoms with Gasteiger partial charge in [-0.2, -0.15) is 5.10 Å². The fraction of sp³-hybridized carbons (Fsp3) is 0.765. The first-order chi connectivity index (χ1) is 11.5. The molecule has 7 heteroatoms. The first-order valence-corrected chi connectivity index (χ1v) is 8.74. The van der Waals surface area contributed by atoms with Crippen LogP contribution in [-0.2, 0) is 22.9 Å². The Morgan fingerprint density at radius 2 is 2.21 bits per heavy atom. The molecule has 0 saturated carbocycles. The molecular formula is C17H28N4O3. The molecule has 1 N–H and O–H groups in total. The summed E-state index contributed by atoms with van der Waals surface area (Å²) in [6.07, 6.45) is 2.76. The number of hydrogen-bond donors (Lipinski definition) is 1. The first-order valence-electron chi connectivity index (χ1n) is 8.74. The van der Waals surface area contributed by atoms with Gasteiger partial charge in [0.15, 0.2) is 0 Å². The molecule has 0 bridgehead atoms. The van der Waals surface area contributed by atoms with Gasteiger partial charge in [0.1, 0.15) is 5.60 Å². The number of urea groups is 1. The highest BCUT2D eigenvalue weighted by atomic mass is 16.5. The second-order valence-electron chi connectivity index (χ2n) is 6.86. The number of carbonyl (C=O) groups excluding carboxylic acids is 1. The van der Waals surface area contributed by atoms with Crippen LogP contribution in [0.3, 0.4) is 0 Å². The SMILES string of the molecule is Cc1nn(C)c(C)c1CCNC(=O)N1CCOC2(CCCOC2)C1. The van der Waals surface area contributed by atoms with E-state index in [4.69, 9.17) is 9.47 Å². The second-order valence-corrected chi connectivity index (χ2v) is 6.86. The highest BCUT2D eigenvalue weighted by Gasteiger charge is 2.40.